The van der Waals surface area contributed by atoms with Crippen molar-refractivity contribution in [2.45, 2.75) is 32.0 Å². The number of benzene rings is 1. The number of likely N-dealkylation sites (tertiary alicyclic amines) is 1. The highest BCUT2D eigenvalue weighted by atomic mass is 19.4. The summed E-state index contributed by atoms with van der Waals surface area (Å²) in [5.74, 6) is 3.24. The van der Waals surface area contributed by atoms with Gasteiger partial charge < -0.3 is 14.2 Å². The molecule has 0 radical (unpaired) electrons. The topological polar surface area (TPSA) is 43.2 Å². The third kappa shape index (κ3) is 4.43. The van der Waals surface area contributed by atoms with Crippen LogP contribution in [0.5, 0.6) is 5.75 Å². The lowest BCUT2D eigenvalue weighted by Crippen LogP contribution is -2.23. The van der Waals surface area contributed by atoms with E-state index in [0.29, 0.717) is 11.4 Å². The van der Waals surface area contributed by atoms with Crippen molar-refractivity contribution in [3.63, 3.8) is 0 Å². The van der Waals surface area contributed by atoms with Gasteiger partial charge in [0.25, 0.3) is 0 Å². The molecule has 1 aliphatic heterocycles. The number of alkyl halides is 3. The first-order valence-electron chi connectivity index (χ1n) is 9.36. The van der Waals surface area contributed by atoms with Gasteiger partial charge in [0.1, 0.15) is 11.6 Å². The molecule has 27 heavy (non-hydrogen) atoms. The van der Waals surface area contributed by atoms with E-state index in [4.69, 9.17) is 0 Å². The van der Waals surface area contributed by atoms with Crippen LogP contribution in [0.2, 0.25) is 0 Å². The van der Waals surface area contributed by atoms with Gasteiger partial charge >= 0.3 is 6.36 Å². The minimum atomic E-state index is -4.69. The Morgan fingerprint density at radius 2 is 1.78 bits per heavy atom. The highest BCUT2D eigenvalue weighted by Crippen LogP contribution is 2.44. The number of hydrogen-bond donors (Lipinski definition) is 0. The zero-order valence-corrected chi connectivity index (χ0v) is 15.2. The third-order valence-electron chi connectivity index (χ3n) is 5.49. The summed E-state index contributed by atoms with van der Waals surface area (Å²) in [5, 5.41) is 8.45. The lowest BCUT2D eigenvalue weighted by Gasteiger charge is -2.16. The molecule has 2 aliphatic rings. The number of unbranched alkanes of at least 4 members (excludes halogenated alkanes) is 1. The molecule has 146 valence electrons. The molecule has 2 aromatic rings. The van der Waals surface area contributed by atoms with Crippen molar-refractivity contribution < 1.29 is 17.9 Å². The van der Waals surface area contributed by atoms with E-state index in [1.165, 1.54) is 31.6 Å². The van der Waals surface area contributed by atoms with Gasteiger partial charge in [0.05, 0.1) is 0 Å². The molecule has 1 aromatic heterocycles. The van der Waals surface area contributed by atoms with Gasteiger partial charge in [-0.2, -0.15) is 0 Å². The number of hydrogen-bond acceptors (Lipinski definition) is 4. The molecule has 2 heterocycles. The highest BCUT2D eigenvalue weighted by molar-refractivity contribution is 5.56. The molecule has 2 fully saturated rings. The summed E-state index contributed by atoms with van der Waals surface area (Å²) < 4.78 is 42.5. The summed E-state index contributed by atoms with van der Waals surface area (Å²) in [6, 6.07) is 5.71. The molecule has 0 spiro atoms. The summed E-state index contributed by atoms with van der Waals surface area (Å²) in [4.78, 5) is 2.56. The summed E-state index contributed by atoms with van der Waals surface area (Å²) in [6.07, 6.45) is -0.211. The highest BCUT2D eigenvalue weighted by Gasteiger charge is 2.44. The predicted molar refractivity (Wildman–Crippen MR) is 94.1 cm³/mol. The van der Waals surface area contributed by atoms with E-state index in [2.05, 4.69) is 19.8 Å². The van der Waals surface area contributed by atoms with Gasteiger partial charge in [0, 0.05) is 32.1 Å². The summed E-state index contributed by atoms with van der Waals surface area (Å²) in [5.41, 5.74) is 0.710. The minimum absolute atomic E-state index is 0.242. The van der Waals surface area contributed by atoms with Crippen molar-refractivity contribution in [3.05, 3.63) is 30.1 Å². The zero-order chi connectivity index (χ0) is 19.0. The second kappa shape index (κ2) is 7.14. The zero-order valence-electron chi connectivity index (χ0n) is 15.2. The van der Waals surface area contributed by atoms with Crippen LogP contribution >= 0.6 is 0 Å². The molecule has 1 aromatic carbocycles. The molecule has 2 unspecified atom stereocenters. The van der Waals surface area contributed by atoms with Crippen LogP contribution in [0.25, 0.3) is 11.4 Å². The Kier molecular flexibility index (Phi) is 4.84. The largest absolute Gasteiger partial charge is 0.573 e. The number of fused-ring (bicyclic) bond motifs is 1. The Balaban J connectivity index is 1.30. The lowest BCUT2D eigenvalue weighted by molar-refractivity contribution is -0.274. The van der Waals surface area contributed by atoms with Crippen LogP contribution in [0.3, 0.4) is 0 Å². The van der Waals surface area contributed by atoms with Crippen LogP contribution in [0.4, 0.5) is 13.2 Å². The first-order valence-corrected chi connectivity index (χ1v) is 9.36. The Morgan fingerprint density at radius 1 is 1.07 bits per heavy atom. The first-order chi connectivity index (χ1) is 12.9. The maximum atomic E-state index is 12.2. The van der Waals surface area contributed by atoms with Gasteiger partial charge in [-0.3, -0.25) is 0 Å². The molecule has 2 atom stereocenters. The van der Waals surface area contributed by atoms with Gasteiger partial charge in [0.15, 0.2) is 5.82 Å². The van der Waals surface area contributed by atoms with Gasteiger partial charge in [-0.15, -0.1) is 23.4 Å². The molecular formula is C19H23F3N4O. The minimum Gasteiger partial charge on any atom is -0.406 e. The van der Waals surface area contributed by atoms with E-state index in [1.54, 1.807) is 12.1 Å². The number of halogens is 3. The molecule has 0 N–H and O–H groups in total. The molecule has 0 bridgehead atoms. The summed E-state index contributed by atoms with van der Waals surface area (Å²) in [7, 11) is 1.89. The average molecular weight is 380 g/mol. The van der Waals surface area contributed by atoms with Crippen molar-refractivity contribution in [2.75, 3.05) is 19.6 Å². The number of rotatable bonds is 7. The van der Waals surface area contributed by atoms with Crippen LogP contribution in [-0.2, 0) is 13.5 Å². The van der Waals surface area contributed by atoms with Crippen LogP contribution in [0.15, 0.2) is 24.3 Å². The Hall–Kier alpha value is -2.09. The molecule has 1 aliphatic carbocycles. The van der Waals surface area contributed by atoms with Gasteiger partial charge in [-0.1, -0.05) is 0 Å². The first kappa shape index (κ1) is 18.3. The van der Waals surface area contributed by atoms with Crippen molar-refractivity contribution >= 4 is 0 Å². The van der Waals surface area contributed by atoms with Gasteiger partial charge in [-0.05, 0) is 61.9 Å². The Morgan fingerprint density at radius 3 is 2.44 bits per heavy atom. The summed E-state index contributed by atoms with van der Waals surface area (Å²) >= 11 is 0. The van der Waals surface area contributed by atoms with Crippen molar-refractivity contribution in [2.24, 2.45) is 18.9 Å². The lowest BCUT2D eigenvalue weighted by atomic mass is 10.2. The summed E-state index contributed by atoms with van der Waals surface area (Å²) in [6.45, 7) is 3.69. The van der Waals surface area contributed by atoms with Crippen LogP contribution in [0, 0.1) is 11.8 Å². The Labute approximate surface area is 156 Å². The number of ether oxygens (including phenoxy) is 1. The van der Waals surface area contributed by atoms with Gasteiger partial charge in [-0.25, -0.2) is 0 Å². The molecule has 5 nitrogen and oxygen atoms in total. The van der Waals surface area contributed by atoms with Crippen LogP contribution in [0.1, 0.15) is 25.1 Å². The maximum absolute atomic E-state index is 12.2. The number of aromatic nitrogens is 3. The third-order valence-corrected chi connectivity index (χ3v) is 5.49. The second-order valence-electron chi connectivity index (χ2n) is 7.54. The number of piperidine rings is 1. The van der Waals surface area contributed by atoms with E-state index in [-0.39, 0.29) is 5.75 Å². The van der Waals surface area contributed by atoms with Crippen molar-refractivity contribution in [1.82, 2.24) is 19.7 Å². The normalized spacial score (nSPS) is 22.1. The standard InChI is InChI=1S/C19H23F3N4O/c1-25-17(4-2-3-9-26-11-14-10-15(14)12-26)23-24-18(25)13-5-7-16(8-6-13)27-19(20,21)22/h5-8,14-15H,2-4,9-12H2,1H3. The van der Waals surface area contributed by atoms with E-state index in [1.807, 2.05) is 11.6 Å². The second-order valence-corrected chi connectivity index (χ2v) is 7.54. The van der Waals surface area contributed by atoms with Crippen LogP contribution < -0.4 is 4.74 Å². The van der Waals surface area contributed by atoms with Gasteiger partial charge in [0.2, 0.25) is 0 Å². The Bertz CT molecular complexity index is 777. The molecule has 0 amide bonds. The molecular weight excluding hydrogens is 357 g/mol. The molecule has 1 saturated heterocycles. The number of nitrogens with zero attached hydrogens (tertiary/aromatic N) is 4. The van der Waals surface area contributed by atoms with E-state index >= 15 is 0 Å². The SMILES string of the molecule is Cn1c(CCCCN2CC3CC3C2)nnc1-c1ccc(OC(F)(F)F)cc1. The quantitative estimate of drug-likeness (QED) is 0.688. The van der Waals surface area contributed by atoms with Crippen LogP contribution in [-0.4, -0.2) is 45.7 Å². The predicted octanol–water partition coefficient (Wildman–Crippen LogP) is 3.66. The fourth-order valence-corrected chi connectivity index (χ4v) is 3.93. The van der Waals surface area contributed by atoms with Crippen molar-refractivity contribution in [3.8, 4) is 17.1 Å². The van der Waals surface area contributed by atoms with E-state index in [9.17, 15) is 13.2 Å². The fraction of sp³-hybridized carbons (Fsp3) is 0.579. The molecule has 4 rings (SSSR count). The number of aryl methyl sites for hydroxylation is 1. The molecule has 8 heteroatoms. The average Bonchev–Trinajstić information content (AvgIpc) is 3.05. The van der Waals surface area contributed by atoms with E-state index in [0.717, 1.165) is 43.5 Å². The smallest absolute Gasteiger partial charge is 0.406 e. The molecule has 1 saturated carbocycles. The maximum Gasteiger partial charge on any atom is 0.573 e. The monoisotopic (exact) mass is 380 g/mol. The fourth-order valence-electron chi connectivity index (χ4n) is 3.93. The van der Waals surface area contributed by atoms with E-state index < -0.39 is 6.36 Å². The van der Waals surface area contributed by atoms with Crippen molar-refractivity contribution in [1.29, 1.82) is 0 Å².